The Morgan fingerprint density at radius 1 is 0.971 bits per heavy atom. The number of rotatable bonds is 8. The molecule has 4 rings (SSSR count). The first kappa shape index (κ1) is 24.3. The van der Waals surface area contributed by atoms with E-state index < -0.39 is 0 Å². The minimum atomic E-state index is -0.0673. The van der Waals surface area contributed by atoms with E-state index in [0.29, 0.717) is 13.2 Å². The molecule has 1 heterocycles. The minimum absolute atomic E-state index is 0.0673. The van der Waals surface area contributed by atoms with Gasteiger partial charge in [0.2, 0.25) is 0 Å². The summed E-state index contributed by atoms with van der Waals surface area (Å²) in [5, 5.41) is 3.11. The molecule has 1 aliphatic rings. The zero-order valence-electron chi connectivity index (χ0n) is 19.6. The molecular formula is C28H32BrN3O2. The lowest BCUT2D eigenvalue weighted by molar-refractivity contribution is 0.120. The molecule has 2 amide bonds. The number of likely N-dealkylation sites (tertiary alicyclic amines) is 1. The average Bonchev–Trinajstić information content (AvgIpc) is 2.86. The fourth-order valence-corrected chi connectivity index (χ4v) is 4.79. The van der Waals surface area contributed by atoms with Crippen molar-refractivity contribution in [3.05, 3.63) is 94.5 Å². The molecule has 1 fully saturated rings. The van der Waals surface area contributed by atoms with Gasteiger partial charge < -0.3 is 15.0 Å². The molecule has 0 unspecified atom stereocenters. The van der Waals surface area contributed by atoms with E-state index in [0.717, 1.165) is 53.9 Å². The quantitative estimate of drug-likeness (QED) is 0.365. The van der Waals surface area contributed by atoms with Crippen LogP contribution >= 0.6 is 15.9 Å². The molecular weight excluding hydrogens is 490 g/mol. The van der Waals surface area contributed by atoms with Crippen molar-refractivity contribution in [3.8, 4) is 5.75 Å². The van der Waals surface area contributed by atoms with Gasteiger partial charge in [-0.2, -0.15) is 0 Å². The zero-order chi connectivity index (χ0) is 23.8. The highest BCUT2D eigenvalue weighted by atomic mass is 79.9. The third kappa shape index (κ3) is 6.61. The Balaban J connectivity index is 1.45. The number of nitrogens with one attached hydrogen (secondary N) is 1. The van der Waals surface area contributed by atoms with E-state index >= 15 is 0 Å². The maximum Gasteiger partial charge on any atom is 0.322 e. The normalized spacial score (nSPS) is 14.5. The van der Waals surface area contributed by atoms with Gasteiger partial charge >= 0.3 is 6.03 Å². The van der Waals surface area contributed by atoms with Crippen LogP contribution in [0.2, 0.25) is 0 Å². The maximum absolute atomic E-state index is 13.5. The van der Waals surface area contributed by atoms with Crippen LogP contribution in [0.1, 0.15) is 30.9 Å². The first-order valence-electron chi connectivity index (χ1n) is 11.9. The van der Waals surface area contributed by atoms with Crippen molar-refractivity contribution in [2.45, 2.75) is 38.9 Å². The molecule has 0 aromatic heterocycles. The van der Waals surface area contributed by atoms with E-state index in [-0.39, 0.29) is 12.1 Å². The Kier molecular flexibility index (Phi) is 8.61. The molecule has 0 atom stereocenters. The monoisotopic (exact) mass is 521 g/mol. The van der Waals surface area contributed by atoms with Crippen molar-refractivity contribution >= 4 is 27.6 Å². The molecule has 1 saturated heterocycles. The first-order valence-corrected chi connectivity index (χ1v) is 12.7. The summed E-state index contributed by atoms with van der Waals surface area (Å²) in [6.45, 7) is 6.08. The number of halogens is 1. The standard InChI is InChI=1S/C28H32BrN3O2/c1-2-34-25-14-12-23(13-15-25)21-32(28(33)30-27-11-7-6-10-26(27)29)24-16-18-31(19-17-24)20-22-8-4-3-5-9-22/h3-15,24H,2,16-21H2,1H3,(H,30,33). The molecule has 6 heteroatoms. The van der Waals surface area contributed by atoms with E-state index in [1.54, 1.807) is 0 Å². The number of para-hydroxylation sites is 1. The number of piperidine rings is 1. The van der Waals surface area contributed by atoms with E-state index in [4.69, 9.17) is 4.74 Å². The van der Waals surface area contributed by atoms with Crippen molar-refractivity contribution in [2.75, 3.05) is 25.0 Å². The number of hydrogen-bond acceptors (Lipinski definition) is 3. The predicted molar refractivity (Wildman–Crippen MR) is 141 cm³/mol. The van der Waals surface area contributed by atoms with Crippen LogP contribution in [0, 0.1) is 0 Å². The van der Waals surface area contributed by atoms with Crippen LogP contribution in [-0.4, -0.2) is 41.6 Å². The van der Waals surface area contributed by atoms with Gasteiger partial charge in [0.05, 0.1) is 12.3 Å². The van der Waals surface area contributed by atoms with Crippen LogP contribution < -0.4 is 10.1 Å². The Hall–Kier alpha value is -2.83. The molecule has 3 aromatic rings. The summed E-state index contributed by atoms with van der Waals surface area (Å²) >= 11 is 3.55. The Labute approximate surface area is 210 Å². The van der Waals surface area contributed by atoms with Gasteiger partial charge in [-0.1, -0.05) is 54.6 Å². The number of nitrogens with zero attached hydrogens (tertiary/aromatic N) is 2. The van der Waals surface area contributed by atoms with Gasteiger partial charge in [-0.3, -0.25) is 4.90 Å². The van der Waals surface area contributed by atoms with Crippen LogP contribution in [0.4, 0.5) is 10.5 Å². The lowest BCUT2D eigenvalue weighted by atomic mass is 10.0. The molecule has 3 aromatic carbocycles. The number of anilines is 1. The van der Waals surface area contributed by atoms with Gasteiger partial charge in [0, 0.05) is 36.7 Å². The molecule has 0 radical (unpaired) electrons. The first-order chi connectivity index (χ1) is 16.6. The topological polar surface area (TPSA) is 44.8 Å². The van der Waals surface area contributed by atoms with Gasteiger partial charge in [0.15, 0.2) is 0 Å². The summed E-state index contributed by atoms with van der Waals surface area (Å²) < 4.78 is 6.46. The second kappa shape index (κ2) is 12.0. The van der Waals surface area contributed by atoms with Crippen molar-refractivity contribution in [1.82, 2.24) is 9.80 Å². The second-order valence-electron chi connectivity index (χ2n) is 8.61. The molecule has 1 N–H and O–H groups in total. The summed E-state index contributed by atoms with van der Waals surface area (Å²) in [5.41, 5.74) is 3.21. The number of ether oxygens (including phenoxy) is 1. The fourth-order valence-electron chi connectivity index (χ4n) is 4.40. The molecule has 1 aliphatic heterocycles. The summed E-state index contributed by atoms with van der Waals surface area (Å²) in [6.07, 6.45) is 1.90. The number of amides is 2. The second-order valence-corrected chi connectivity index (χ2v) is 9.46. The van der Waals surface area contributed by atoms with Crippen LogP contribution in [0.3, 0.4) is 0 Å². The van der Waals surface area contributed by atoms with Crippen LogP contribution in [0.5, 0.6) is 5.75 Å². The molecule has 0 bridgehead atoms. The van der Waals surface area contributed by atoms with E-state index in [1.807, 2.05) is 60.4 Å². The van der Waals surface area contributed by atoms with Crippen molar-refractivity contribution < 1.29 is 9.53 Å². The molecule has 178 valence electrons. The summed E-state index contributed by atoms with van der Waals surface area (Å²) in [4.78, 5) is 17.9. The molecule has 0 aliphatic carbocycles. The van der Waals surface area contributed by atoms with E-state index in [9.17, 15) is 4.79 Å². The van der Waals surface area contributed by atoms with E-state index in [1.165, 1.54) is 5.56 Å². The third-order valence-electron chi connectivity index (χ3n) is 6.21. The lowest BCUT2D eigenvalue weighted by Crippen LogP contribution is -2.48. The lowest BCUT2D eigenvalue weighted by Gasteiger charge is -2.38. The highest BCUT2D eigenvalue weighted by Crippen LogP contribution is 2.25. The van der Waals surface area contributed by atoms with Crippen molar-refractivity contribution in [2.24, 2.45) is 0 Å². The van der Waals surface area contributed by atoms with Crippen LogP contribution in [-0.2, 0) is 13.1 Å². The predicted octanol–water partition coefficient (Wildman–Crippen LogP) is 6.55. The molecule has 0 spiro atoms. The molecule has 0 saturated carbocycles. The van der Waals surface area contributed by atoms with Gasteiger partial charge in [-0.25, -0.2) is 4.79 Å². The summed E-state index contributed by atoms with van der Waals surface area (Å²) in [7, 11) is 0. The fraction of sp³-hybridized carbons (Fsp3) is 0.321. The number of urea groups is 1. The van der Waals surface area contributed by atoms with Crippen molar-refractivity contribution in [1.29, 1.82) is 0 Å². The number of hydrogen-bond donors (Lipinski definition) is 1. The summed E-state index contributed by atoms with van der Waals surface area (Å²) in [6, 6.07) is 26.5. The SMILES string of the molecule is CCOc1ccc(CN(C(=O)Nc2ccccc2Br)C2CCN(Cc3ccccc3)CC2)cc1. The maximum atomic E-state index is 13.5. The minimum Gasteiger partial charge on any atom is -0.494 e. The van der Waals surface area contributed by atoms with Gasteiger partial charge in [0.1, 0.15) is 5.75 Å². The Morgan fingerprint density at radius 2 is 1.65 bits per heavy atom. The third-order valence-corrected chi connectivity index (χ3v) is 6.90. The number of benzene rings is 3. The van der Waals surface area contributed by atoms with Gasteiger partial charge in [-0.15, -0.1) is 0 Å². The van der Waals surface area contributed by atoms with Crippen LogP contribution in [0.25, 0.3) is 0 Å². The molecule has 5 nitrogen and oxygen atoms in total. The Morgan fingerprint density at radius 3 is 2.32 bits per heavy atom. The Bertz CT molecular complexity index is 1050. The highest BCUT2D eigenvalue weighted by Gasteiger charge is 2.28. The van der Waals surface area contributed by atoms with E-state index in [2.05, 4.69) is 56.5 Å². The summed E-state index contributed by atoms with van der Waals surface area (Å²) in [5.74, 6) is 0.852. The zero-order valence-corrected chi connectivity index (χ0v) is 21.2. The highest BCUT2D eigenvalue weighted by molar-refractivity contribution is 9.10. The number of carbonyl (C=O) groups excluding carboxylic acids is 1. The average molecular weight is 522 g/mol. The largest absolute Gasteiger partial charge is 0.494 e. The molecule has 34 heavy (non-hydrogen) atoms. The number of carbonyl (C=O) groups is 1. The van der Waals surface area contributed by atoms with Gasteiger partial charge in [0.25, 0.3) is 0 Å². The van der Waals surface area contributed by atoms with Gasteiger partial charge in [-0.05, 0) is 71.1 Å². The van der Waals surface area contributed by atoms with Crippen LogP contribution in [0.15, 0.2) is 83.3 Å². The smallest absolute Gasteiger partial charge is 0.322 e. The van der Waals surface area contributed by atoms with Crippen molar-refractivity contribution in [3.63, 3.8) is 0 Å².